The summed E-state index contributed by atoms with van der Waals surface area (Å²) in [5.41, 5.74) is -1.10. The van der Waals surface area contributed by atoms with Gasteiger partial charge in [-0.2, -0.15) is 0 Å². The molecule has 126 valence electrons. The van der Waals surface area contributed by atoms with Crippen LogP contribution in [0.3, 0.4) is 0 Å². The van der Waals surface area contributed by atoms with Crippen LogP contribution in [0, 0.1) is 0 Å². The van der Waals surface area contributed by atoms with Crippen molar-refractivity contribution in [3.8, 4) is 11.8 Å². The van der Waals surface area contributed by atoms with Crippen molar-refractivity contribution in [1.29, 1.82) is 0 Å². The average Bonchev–Trinajstić information content (AvgIpc) is 2.87. The van der Waals surface area contributed by atoms with E-state index in [0.29, 0.717) is 10.9 Å². The fourth-order valence-corrected chi connectivity index (χ4v) is 2.15. The van der Waals surface area contributed by atoms with Crippen molar-refractivity contribution in [3.05, 3.63) is 50.7 Å². The van der Waals surface area contributed by atoms with E-state index in [4.69, 9.17) is 12.2 Å². The molecule has 0 aliphatic carbocycles. The number of aromatic hydroxyl groups is 2. The van der Waals surface area contributed by atoms with Gasteiger partial charge in [0.05, 0.1) is 5.52 Å². The molecule has 11 heteroatoms. The molecular formula is C14H10N6O4S. The Morgan fingerprint density at radius 2 is 1.84 bits per heavy atom. The van der Waals surface area contributed by atoms with Gasteiger partial charge >= 0.3 is 5.69 Å². The van der Waals surface area contributed by atoms with Crippen LogP contribution in [0.5, 0.6) is 11.8 Å². The number of benzene rings is 1. The zero-order valence-corrected chi connectivity index (χ0v) is 13.2. The van der Waals surface area contributed by atoms with Gasteiger partial charge in [-0.25, -0.2) is 9.79 Å². The molecule has 3 aromatic rings. The maximum absolute atomic E-state index is 11.5. The number of thiocarbonyl (C=S) groups is 1. The first-order chi connectivity index (χ1) is 12.0. The highest BCUT2D eigenvalue weighted by Gasteiger charge is 2.10. The quantitative estimate of drug-likeness (QED) is 0.266. The number of nitrogens with zero attached hydrogens (tertiary/aromatic N) is 3. The Morgan fingerprint density at radius 3 is 2.60 bits per heavy atom. The number of fused-ring (bicyclic) bond motifs is 1. The smallest absolute Gasteiger partial charge is 0.328 e. The Balaban J connectivity index is 1.85. The first-order valence-electron chi connectivity index (χ1n) is 6.80. The zero-order valence-electron chi connectivity index (χ0n) is 12.3. The molecule has 0 saturated carbocycles. The molecule has 25 heavy (non-hydrogen) atoms. The van der Waals surface area contributed by atoms with Crippen molar-refractivity contribution in [1.82, 2.24) is 15.0 Å². The predicted octanol–water partition coefficient (Wildman–Crippen LogP) is 1.44. The van der Waals surface area contributed by atoms with E-state index in [9.17, 15) is 19.8 Å². The molecule has 1 aromatic carbocycles. The van der Waals surface area contributed by atoms with Crippen LogP contribution in [-0.2, 0) is 0 Å². The van der Waals surface area contributed by atoms with Gasteiger partial charge in [-0.3, -0.25) is 14.8 Å². The Hall–Kier alpha value is -3.60. The Kier molecular flexibility index (Phi) is 4.22. The Bertz CT molecular complexity index is 1140. The first-order valence-corrected chi connectivity index (χ1v) is 7.21. The molecule has 0 bridgehead atoms. The summed E-state index contributed by atoms with van der Waals surface area (Å²) in [6.45, 7) is 0. The highest BCUT2D eigenvalue weighted by atomic mass is 32.1. The number of nitrogens with one attached hydrogen (secondary N) is 3. The average molecular weight is 358 g/mol. The summed E-state index contributed by atoms with van der Waals surface area (Å²) in [6, 6.07) is 7.07. The summed E-state index contributed by atoms with van der Waals surface area (Å²) >= 11 is 4.89. The minimum atomic E-state index is -0.850. The van der Waals surface area contributed by atoms with Crippen molar-refractivity contribution in [2.75, 3.05) is 0 Å². The maximum atomic E-state index is 11.5. The number of azo groups is 1. The van der Waals surface area contributed by atoms with E-state index in [1.807, 2.05) is 9.97 Å². The Labute approximate surface area is 143 Å². The number of hydrogen-bond acceptors (Lipinski definition) is 6. The predicted molar refractivity (Wildman–Crippen MR) is 94.0 cm³/mol. The lowest BCUT2D eigenvalue weighted by molar-refractivity contribution is 0.447. The molecule has 0 amide bonds. The van der Waals surface area contributed by atoms with Crippen LogP contribution in [0.15, 0.2) is 49.1 Å². The van der Waals surface area contributed by atoms with Gasteiger partial charge in [0.15, 0.2) is 5.69 Å². The molecule has 3 rings (SSSR count). The third kappa shape index (κ3) is 3.35. The molecule has 5 N–H and O–H groups in total. The van der Waals surface area contributed by atoms with Crippen molar-refractivity contribution in [2.24, 2.45) is 15.2 Å². The number of para-hydroxylation sites is 1. The molecule has 0 atom stereocenters. The first kappa shape index (κ1) is 16.3. The second kappa shape index (κ2) is 6.49. The molecular weight excluding hydrogens is 348 g/mol. The second-order valence-electron chi connectivity index (χ2n) is 4.78. The largest absolute Gasteiger partial charge is 0.494 e. The molecule has 0 aliphatic heterocycles. The summed E-state index contributed by atoms with van der Waals surface area (Å²) < 4.78 is 0. The van der Waals surface area contributed by atoms with Crippen LogP contribution >= 0.6 is 12.2 Å². The Morgan fingerprint density at radius 1 is 1.08 bits per heavy atom. The van der Waals surface area contributed by atoms with Gasteiger partial charge in [-0.05, 0) is 18.3 Å². The molecule has 0 radical (unpaired) electrons. The number of hydrogen-bond donors (Lipinski definition) is 5. The van der Waals surface area contributed by atoms with Gasteiger partial charge < -0.3 is 15.2 Å². The number of aromatic nitrogens is 3. The summed E-state index contributed by atoms with van der Waals surface area (Å²) in [4.78, 5) is 32.9. The number of H-pyrrole nitrogens is 3. The topological polar surface area (TPSA) is 159 Å². The zero-order chi connectivity index (χ0) is 18.0. The molecule has 10 nitrogen and oxygen atoms in total. The van der Waals surface area contributed by atoms with Gasteiger partial charge in [0, 0.05) is 11.6 Å². The molecule has 0 unspecified atom stereocenters. The van der Waals surface area contributed by atoms with E-state index in [2.05, 4.69) is 20.2 Å². The summed E-state index contributed by atoms with van der Waals surface area (Å²) in [7, 11) is 0. The van der Waals surface area contributed by atoms with Gasteiger partial charge in [0.1, 0.15) is 5.56 Å². The minimum Gasteiger partial charge on any atom is -0.494 e. The van der Waals surface area contributed by atoms with Crippen LogP contribution in [0.2, 0.25) is 0 Å². The second-order valence-corrected chi connectivity index (χ2v) is 5.14. The highest BCUT2D eigenvalue weighted by Crippen LogP contribution is 2.35. The number of rotatable bonds is 2. The molecule has 0 aliphatic rings. The number of aromatic amines is 3. The van der Waals surface area contributed by atoms with Crippen molar-refractivity contribution in [3.63, 3.8) is 0 Å². The molecule has 0 fully saturated rings. The van der Waals surface area contributed by atoms with E-state index in [1.165, 1.54) is 0 Å². The van der Waals surface area contributed by atoms with E-state index in [-0.39, 0.29) is 22.2 Å². The fourth-order valence-electron chi connectivity index (χ4n) is 2.06. The monoisotopic (exact) mass is 358 g/mol. The van der Waals surface area contributed by atoms with Crippen LogP contribution in [0.1, 0.15) is 5.56 Å². The van der Waals surface area contributed by atoms with Crippen molar-refractivity contribution < 1.29 is 10.2 Å². The van der Waals surface area contributed by atoms with Gasteiger partial charge in [0.25, 0.3) is 5.56 Å². The lowest BCUT2D eigenvalue weighted by Gasteiger charge is -1.95. The maximum Gasteiger partial charge on any atom is 0.328 e. The van der Waals surface area contributed by atoms with Crippen molar-refractivity contribution >= 4 is 40.1 Å². The molecule has 2 aromatic heterocycles. The lowest BCUT2D eigenvalue weighted by atomic mass is 10.2. The fraction of sp³-hybridized carbons (Fsp3) is 0. The van der Waals surface area contributed by atoms with Gasteiger partial charge in [0.2, 0.25) is 16.9 Å². The minimum absolute atomic E-state index is 0.175. The SMILES string of the molecule is O=c1[nH]c(O)c(/C=N/C(=S)N=Nc2c(O)[nH]c3ccccc23)c(=O)[nH]1. The normalized spacial score (nSPS) is 11.7. The van der Waals surface area contributed by atoms with Crippen LogP contribution < -0.4 is 11.2 Å². The summed E-state index contributed by atoms with van der Waals surface area (Å²) in [6.07, 6.45) is 0.945. The summed E-state index contributed by atoms with van der Waals surface area (Å²) in [5, 5.41) is 27.3. The van der Waals surface area contributed by atoms with Gasteiger partial charge in [-0.15, -0.1) is 10.2 Å². The molecule has 2 heterocycles. The number of aliphatic imine (C=N–C) groups is 1. The van der Waals surface area contributed by atoms with Crippen LogP contribution in [0.25, 0.3) is 10.9 Å². The standard InChI is InChI=1S/C14H10N6O4S/c21-10-7(11(22)18-13(24)17-10)5-15-14(25)20-19-9-6-3-1-2-4-8(6)16-12(9)23/h1-5,16,23H,(H3,17,18,21,22,24)/b15-5+,20-19?. The van der Waals surface area contributed by atoms with E-state index in [0.717, 1.165) is 6.21 Å². The van der Waals surface area contributed by atoms with Crippen LogP contribution in [-0.4, -0.2) is 36.5 Å². The van der Waals surface area contributed by atoms with Crippen molar-refractivity contribution in [2.45, 2.75) is 0 Å². The lowest BCUT2D eigenvalue weighted by Crippen LogP contribution is -2.24. The van der Waals surface area contributed by atoms with Crippen LogP contribution in [0.4, 0.5) is 5.69 Å². The third-order valence-electron chi connectivity index (χ3n) is 3.16. The molecule has 0 saturated heterocycles. The van der Waals surface area contributed by atoms with E-state index >= 15 is 0 Å². The van der Waals surface area contributed by atoms with E-state index < -0.39 is 17.1 Å². The molecule has 0 spiro atoms. The highest BCUT2D eigenvalue weighted by molar-refractivity contribution is 7.80. The third-order valence-corrected chi connectivity index (χ3v) is 3.34. The summed E-state index contributed by atoms with van der Waals surface area (Å²) in [5.74, 6) is -0.821. The van der Waals surface area contributed by atoms with Gasteiger partial charge in [-0.1, -0.05) is 18.2 Å². The van der Waals surface area contributed by atoms with E-state index in [1.54, 1.807) is 24.3 Å².